The molecule has 366 valence electrons. The van der Waals surface area contributed by atoms with Crippen molar-refractivity contribution in [2.45, 2.75) is 32.4 Å². The van der Waals surface area contributed by atoms with E-state index in [0.29, 0.717) is 102 Å². The van der Waals surface area contributed by atoms with Gasteiger partial charge in [-0.2, -0.15) is 30.3 Å². The molecule has 6 rings (SSSR count). The summed E-state index contributed by atoms with van der Waals surface area (Å²) in [6.45, 7) is 8.24. The number of fused-ring (bicyclic) bond motifs is 2. The number of ether oxygens (including phenoxy) is 9. The Morgan fingerprint density at radius 2 is 0.955 bits per heavy atom. The molecular formula is C48H60F6FeNO9P. The molecule has 66 heavy (non-hydrogen) atoms. The second-order valence-corrected chi connectivity index (χ2v) is 15.7. The van der Waals surface area contributed by atoms with Crippen molar-refractivity contribution >= 4 is 7.81 Å². The summed E-state index contributed by atoms with van der Waals surface area (Å²) in [5, 5.41) is 2.31. The van der Waals surface area contributed by atoms with Crippen LogP contribution in [0.1, 0.15) is 30.4 Å². The van der Waals surface area contributed by atoms with Crippen molar-refractivity contribution < 1.29 is 90.2 Å². The molecule has 1 aliphatic rings. The van der Waals surface area contributed by atoms with Crippen LogP contribution in [-0.4, -0.2) is 85.9 Å². The summed E-state index contributed by atoms with van der Waals surface area (Å²) in [5.74, 6) is 6.32. The van der Waals surface area contributed by atoms with Gasteiger partial charge in [-0.05, 0) is 61.4 Å². The monoisotopic (exact) mass is 995 g/mol. The number of para-hydroxylation sites is 4. The molecule has 0 aromatic heterocycles. The van der Waals surface area contributed by atoms with Gasteiger partial charge in [0.15, 0.2) is 23.0 Å². The first kappa shape index (κ1) is 57.4. The number of unbranched alkanes of at least 4 members (excludes halogenated alkanes) is 2. The van der Waals surface area contributed by atoms with Crippen molar-refractivity contribution in [3.05, 3.63) is 139 Å². The standard InChI is InChI=1S/C24H32O8.C19H22NO.C5H5.F6P.Fe/c1-2-6-22-21(5-1)29-17-13-25-9-10-27-15-19-31-23-7-3-4-8-24(23)32-20-16-28-12-11-26-14-18-30-22;1-2-3-4-7-14-21-19-12-10-18(11-13-19)16-20-15-17-8-5-6-9-17;1-2-4-5-3-1;1-7(2,3,4,5)6;/h1-8H,9-20H2;1,5-6,8-13,20H,3-4,7,14-16H2;1-5H;;/q;3*-1;+2/p+1. The van der Waals surface area contributed by atoms with Crippen LogP contribution in [-0.2, 0) is 49.1 Å². The first-order valence-electron chi connectivity index (χ1n) is 21.2. The Labute approximate surface area is 394 Å². The molecule has 2 N–H and O–H groups in total. The summed E-state index contributed by atoms with van der Waals surface area (Å²) in [6.07, 6.45) is 8.10. The summed E-state index contributed by atoms with van der Waals surface area (Å²) in [5.41, 5.74) is 2.70. The SMILES string of the molecule is C#CCCCCOc1ccc(C[NH2+]Cc2ccc[cH-]2)cc1.F[P-](F)(F)(F)(F)F.[Fe+2].c1cc[cH-]c1.c1ccc2c(c1)OCCOCCOCCOc1ccccc1OCCOCCOCCO2. The van der Waals surface area contributed by atoms with Gasteiger partial charge in [0, 0.05) is 12.0 Å². The Morgan fingerprint density at radius 3 is 1.32 bits per heavy atom. The molecule has 0 atom stereocenters. The molecule has 0 unspecified atom stereocenters. The van der Waals surface area contributed by atoms with Crippen molar-refractivity contribution in [3.8, 4) is 41.1 Å². The Morgan fingerprint density at radius 1 is 0.530 bits per heavy atom. The second-order valence-electron chi connectivity index (χ2n) is 13.8. The molecule has 0 aliphatic carbocycles. The van der Waals surface area contributed by atoms with Crippen LogP contribution < -0.4 is 29.0 Å². The zero-order valence-corrected chi connectivity index (χ0v) is 38.7. The van der Waals surface area contributed by atoms with Gasteiger partial charge >= 0.3 is 50.1 Å². The minimum absolute atomic E-state index is 0. The summed E-state index contributed by atoms with van der Waals surface area (Å²) in [6, 6.07) is 42.0. The van der Waals surface area contributed by atoms with Gasteiger partial charge in [-0.15, -0.1) is 17.9 Å². The largest absolute Gasteiger partial charge is 2.00 e. The molecule has 0 amide bonds. The molecule has 0 spiro atoms. The van der Waals surface area contributed by atoms with Crippen molar-refractivity contribution in [1.82, 2.24) is 0 Å². The molecule has 0 saturated heterocycles. The van der Waals surface area contributed by atoms with E-state index in [1.54, 1.807) is 0 Å². The third-order valence-electron chi connectivity index (χ3n) is 8.34. The number of quaternary nitrogens is 1. The van der Waals surface area contributed by atoms with E-state index in [0.717, 1.165) is 44.7 Å². The van der Waals surface area contributed by atoms with Crippen LogP contribution >= 0.6 is 7.81 Å². The maximum Gasteiger partial charge on any atom is 2.00 e. The number of halogens is 6. The van der Waals surface area contributed by atoms with Gasteiger partial charge < -0.3 is 47.9 Å². The molecule has 10 nitrogen and oxygen atoms in total. The zero-order chi connectivity index (χ0) is 46.8. The molecule has 18 heteroatoms. The fraction of sp³-hybridized carbons (Fsp3) is 0.375. The van der Waals surface area contributed by atoms with Crippen LogP contribution in [0.5, 0.6) is 28.7 Å². The zero-order valence-electron chi connectivity index (χ0n) is 36.7. The molecule has 0 fully saturated rings. The molecule has 0 bridgehead atoms. The fourth-order valence-corrected chi connectivity index (χ4v) is 5.38. The quantitative estimate of drug-likeness (QED) is 0.0386. The summed E-state index contributed by atoms with van der Waals surface area (Å²) in [7, 11) is -10.7. The number of terminal acetylenes is 1. The van der Waals surface area contributed by atoms with E-state index < -0.39 is 7.81 Å². The van der Waals surface area contributed by atoms with Crippen LogP contribution in [0.2, 0.25) is 0 Å². The predicted octanol–water partition coefficient (Wildman–Crippen LogP) is 10.6. The van der Waals surface area contributed by atoms with E-state index in [-0.39, 0.29) is 17.1 Å². The van der Waals surface area contributed by atoms with Gasteiger partial charge in [-0.25, -0.2) is 24.3 Å². The maximum absolute atomic E-state index is 10.7. The number of benzene rings is 3. The van der Waals surface area contributed by atoms with Crippen LogP contribution in [0.3, 0.4) is 0 Å². The number of nitrogens with two attached hydrogens (primary N) is 1. The Kier molecular flexibility index (Phi) is 27.9. The minimum atomic E-state index is -10.7. The Bertz CT molecular complexity index is 1820. The van der Waals surface area contributed by atoms with Gasteiger partial charge in [0.2, 0.25) is 0 Å². The summed E-state index contributed by atoms with van der Waals surface area (Å²) >= 11 is 0. The first-order valence-corrected chi connectivity index (χ1v) is 23.2. The summed E-state index contributed by atoms with van der Waals surface area (Å²) < 4.78 is 110. The Balaban J connectivity index is 0.000000374. The number of hydrogen-bond acceptors (Lipinski definition) is 9. The minimum Gasteiger partial charge on any atom is -0.487 e. The van der Waals surface area contributed by atoms with Gasteiger partial charge in [0.05, 0.1) is 66.0 Å². The third kappa shape index (κ3) is 32.8. The predicted molar refractivity (Wildman–Crippen MR) is 240 cm³/mol. The average Bonchev–Trinajstić information content (AvgIpc) is 4.04. The fourth-order valence-electron chi connectivity index (χ4n) is 5.38. The smallest absolute Gasteiger partial charge is 0.487 e. The van der Waals surface area contributed by atoms with Crippen molar-refractivity contribution in [2.75, 3.05) is 85.9 Å². The van der Waals surface area contributed by atoms with E-state index in [9.17, 15) is 25.2 Å². The van der Waals surface area contributed by atoms with Crippen molar-refractivity contribution in [2.24, 2.45) is 0 Å². The number of rotatable bonds is 9. The third-order valence-corrected chi connectivity index (χ3v) is 8.34. The molecule has 1 aliphatic heterocycles. The molecule has 0 radical (unpaired) electrons. The van der Waals surface area contributed by atoms with Gasteiger partial charge in [-0.1, -0.05) is 24.3 Å². The first-order chi connectivity index (χ1) is 31.3. The topological polar surface area (TPSA) is 99.7 Å². The number of hydrogen-bond donors (Lipinski definition) is 1. The van der Waals surface area contributed by atoms with Gasteiger partial charge in [0.1, 0.15) is 38.7 Å². The van der Waals surface area contributed by atoms with Crippen LogP contribution in [0.25, 0.3) is 0 Å². The molecule has 5 aromatic carbocycles. The van der Waals surface area contributed by atoms with E-state index in [1.165, 1.54) is 11.1 Å². The molecule has 0 saturated carbocycles. The Hall–Kier alpha value is -4.75. The molecular weight excluding hydrogens is 935 g/mol. The normalized spacial score (nSPS) is 15.2. The van der Waals surface area contributed by atoms with Crippen LogP contribution in [0, 0.1) is 12.3 Å². The van der Waals surface area contributed by atoms with Gasteiger partial charge in [-0.3, -0.25) is 0 Å². The van der Waals surface area contributed by atoms with E-state index >= 15 is 0 Å². The van der Waals surface area contributed by atoms with Crippen molar-refractivity contribution in [1.29, 1.82) is 0 Å². The molecule has 5 aromatic rings. The van der Waals surface area contributed by atoms with E-state index in [2.05, 4.69) is 47.6 Å². The van der Waals surface area contributed by atoms with Crippen molar-refractivity contribution in [3.63, 3.8) is 0 Å². The van der Waals surface area contributed by atoms with Crippen LogP contribution in [0.4, 0.5) is 25.2 Å². The summed E-state index contributed by atoms with van der Waals surface area (Å²) in [4.78, 5) is 0. The van der Waals surface area contributed by atoms with Crippen LogP contribution in [0.15, 0.2) is 127 Å². The molecule has 1 heterocycles. The average molecular weight is 996 g/mol. The maximum atomic E-state index is 9.87. The second kappa shape index (κ2) is 32.0. The van der Waals surface area contributed by atoms with E-state index in [4.69, 9.17) is 49.1 Å². The van der Waals surface area contributed by atoms with Gasteiger partial charge in [0.25, 0.3) is 0 Å². The van der Waals surface area contributed by atoms with E-state index in [1.807, 2.05) is 91.0 Å².